The summed E-state index contributed by atoms with van der Waals surface area (Å²) < 4.78 is 26.9. The fourth-order valence-electron chi connectivity index (χ4n) is 1.77. The van der Waals surface area contributed by atoms with E-state index in [0.29, 0.717) is 17.0 Å². The Hall–Kier alpha value is -1.57. The van der Waals surface area contributed by atoms with Gasteiger partial charge in [-0.15, -0.1) is 0 Å². The number of aromatic amines is 1. The van der Waals surface area contributed by atoms with Crippen LogP contribution in [0.2, 0.25) is 5.02 Å². The van der Waals surface area contributed by atoms with E-state index in [-0.39, 0.29) is 17.1 Å². The Morgan fingerprint density at radius 2 is 2.20 bits per heavy atom. The molecule has 1 heterocycles. The first-order chi connectivity index (χ1) is 9.40. The van der Waals surface area contributed by atoms with E-state index in [9.17, 15) is 8.42 Å². The van der Waals surface area contributed by atoms with E-state index in [1.54, 1.807) is 19.3 Å². The molecule has 6 nitrogen and oxygen atoms in total. The first-order valence-electron chi connectivity index (χ1n) is 5.93. The molecule has 0 fully saturated rings. The molecule has 0 saturated carbocycles. The van der Waals surface area contributed by atoms with Crippen molar-refractivity contribution in [3.05, 3.63) is 40.9 Å². The number of sulfonamides is 1. The molecule has 2 rings (SSSR count). The summed E-state index contributed by atoms with van der Waals surface area (Å²) in [6, 6.07) is 2.91. The molecular weight excluding hydrogens is 300 g/mol. The number of halogens is 1. The molecule has 2 aromatic rings. The van der Waals surface area contributed by atoms with Crippen LogP contribution in [0, 0.1) is 6.92 Å². The van der Waals surface area contributed by atoms with Crippen molar-refractivity contribution in [3.63, 3.8) is 0 Å². The lowest BCUT2D eigenvalue weighted by molar-refractivity contribution is 0.580. The zero-order valence-corrected chi connectivity index (χ0v) is 12.4. The largest absolute Gasteiger partial charge is 0.397 e. The molecule has 8 heteroatoms. The summed E-state index contributed by atoms with van der Waals surface area (Å²) in [5.41, 5.74) is 6.44. The minimum atomic E-state index is -3.61. The van der Waals surface area contributed by atoms with E-state index in [2.05, 4.69) is 14.7 Å². The summed E-state index contributed by atoms with van der Waals surface area (Å²) in [5.74, 6) is 0.722. The zero-order valence-electron chi connectivity index (χ0n) is 10.9. The lowest BCUT2D eigenvalue weighted by atomic mass is 10.2. The van der Waals surface area contributed by atoms with Gasteiger partial charge in [-0.05, 0) is 24.6 Å². The van der Waals surface area contributed by atoms with Crippen molar-refractivity contribution in [1.82, 2.24) is 14.7 Å². The third kappa shape index (κ3) is 3.30. The predicted octanol–water partition coefficient (Wildman–Crippen LogP) is 1.47. The first-order valence-corrected chi connectivity index (χ1v) is 7.80. The van der Waals surface area contributed by atoms with E-state index in [4.69, 9.17) is 17.3 Å². The van der Waals surface area contributed by atoms with Crippen molar-refractivity contribution < 1.29 is 8.42 Å². The van der Waals surface area contributed by atoms with Gasteiger partial charge in [-0.3, -0.25) is 0 Å². The summed E-state index contributed by atoms with van der Waals surface area (Å²) in [6.07, 6.45) is 3.79. The van der Waals surface area contributed by atoms with Crippen molar-refractivity contribution in [1.29, 1.82) is 0 Å². The molecule has 108 valence electrons. The summed E-state index contributed by atoms with van der Waals surface area (Å²) >= 11 is 5.86. The molecule has 4 N–H and O–H groups in total. The second-order valence-corrected chi connectivity index (χ2v) is 6.47. The molecule has 0 aliphatic heterocycles. The first kappa shape index (κ1) is 14.8. The SMILES string of the molecule is Cc1cc(Cl)c(N)cc1S(=O)(=O)NCCc1ncc[nH]1. The number of nitrogen functional groups attached to an aromatic ring is 1. The minimum absolute atomic E-state index is 0.138. The second kappa shape index (κ2) is 5.82. The Balaban J connectivity index is 2.12. The van der Waals surface area contributed by atoms with Gasteiger partial charge in [-0.25, -0.2) is 18.1 Å². The van der Waals surface area contributed by atoms with Crippen LogP contribution >= 0.6 is 11.6 Å². The van der Waals surface area contributed by atoms with Gasteiger partial charge in [0, 0.05) is 25.4 Å². The topological polar surface area (TPSA) is 101 Å². The highest BCUT2D eigenvalue weighted by atomic mass is 35.5. The van der Waals surface area contributed by atoms with Crippen molar-refractivity contribution in [2.45, 2.75) is 18.2 Å². The van der Waals surface area contributed by atoms with Gasteiger partial charge >= 0.3 is 0 Å². The Labute approximate surface area is 122 Å². The zero-order chi connectivity index (χ0) is 14.8. The molecule has 0 saturated heterocycles. The van der Waals surface area contributed by atoms with Crippen molar-refractivity contribution in [2.75, 3.05) is 12.3 Å². The molecule has 0 atom stereocenters. The van der Waals surface area contributed by atoms with Gasteiger partial charge in [0.15, 0.2) is 0 Å². The maximum absolute atomic E-state index is 12.2. The molecule has 0 bridgehead atoms. The number of benzene rings is 1. The molecule has 0 radical (unpaired) electrons. The molecule has 0 unspecified atom stereocenters. The smallest absolute Gasteiger partial charge is 0.240 e. The Kier molecular flexibility index (Phi) is 4.32. The highest BCUT2D eigenvalue weighted by molar-refractivity contribution is 7.89. The highest BCUT2D eigenvalue weighted by Crippen LogP contribution is 2.25. The lowest BCUT2D eigenvalue weighted by Crippen LogP contribution is -2.27. The Morgan fingerprint density at radius 1 is 1.45 bits per heavy atom. The van der Waals surface area contributed by atoms with E-state index >= 15 is 0 Å². The summed E-state index contributed by atoms with van der Waals surface area (Å²) in [6.45, 7) is 1.92. The average Bonchev–Trinajstić information content (AvgIpc) is 2.86. The van der Waals surface area contributed by atoms with E-state index in [1.165, 1.54) is 12.1 Å². The lowest BCUT2D eigenvalue weighted by Gasteiger charge is -2.10. The van der Waals surface area contributed by atoms with Crippen LogP contribution in [0.3, 0.4) is 0 Å². The summed E-state index contributed by atoms with van der Waals surface area (Å²) in [7, 11) is -3.61. The van der Waals surface area contributed by atoms with Crippen LogP contribution in [0.1, 0.15) is 11.4 Å². The van der Waals surface area contributed by atoms with Gasteiger partial charge in [0.05, 0.1) is 15.6 Å². The number of hydrogen-bond acceptors (Lipinski definition) is 4. The van der Waals surface area contributed by atoms with E-state index in [0.717, 1.165) is 5.82 Å². The van der Waals surface area contributed by atoms with E-state index < -0.39 is 10.0 Å². The molecule has 0 aliphatic rings. The van der Waals surface area contributed by atoms with Crippen LogP contribution in [0.25, 0.3) is 0 Å². The van der Waals surface area contributed by atoms with Gasteiger partial charge < -0.3 is 10.7 Å². The fourth-order valence-corrected chi connectivity index (χ4v) is 3.28. The van der Waals surface area contributed by atoms with Crippen LogP contribution in [0.15, 0.2) is 29.4 Å². The third-order valence-corrected chi connectivity index (χ3v) is 4.72. The van der Waals surface area contributed by atoms with Gasteiger partial charge in [-0.1, -0.05) is 11.6 Å². The molecule has 0 spiro atoms. The molecule has 1 aromatic carbocycles. The number of aryl methyl sites for hydroxylation is 1. The molecule has 1 aromatic heterocycles. The van der Waals surface area contributed by atoms with Crippen molar-refractivity contribution in [3.8, 4) is 0 Å². The number of nitrogens with zero attached hydrogens (tertiary/aromatic N) is 1. The van der Waals surface area contributed by atoms with E-state index in [1.807, 2.05) is 0 Å². The quantitative estimate of drug-likeness (QED) is 0.727. The second-order valence-electron chi connectivity index (χ2n) is 4.32. The normalized spacial score (nSPS) is 11.7. The van der Waals surface area contributed by atoms with Crippen molar-refractivity contribution in [2.24, 2.45) is 0 Å². The van der Waals surface area contributed by atoms with Gasteiger partial charge in [-0.2, -0.15) is 0 Å². The van der Waals surface area contributed by atoms with Crippen LogP contribution < -0.4 is 10.5 Å². The molecule has 0 amide bonds. The fraction of sp³-hybridized carbons (Fsp3) is 0.250. The summed E-state index contributed by atoms with van der Waals surface area (Å²) in [4.78, 5) is 7.07. The average molecular weight is 315 g/mol. The molecular formula is C12H15ClN4O2S. The van der Waals surface area contributed by atoms with Crippen LogP contribution in [-0.2, 0) is 16.4 Å². The van der Waals surface area contributed by atoms with Crippen LogP contribution in [0.4, 0.5) is 5.69 Å². The van der Waals surface area contributed by atoms with Crippen LogP contribution in [0.5, 0.6) is 0 Å². The highest BCUT2D eigenvalue weighted by Gasteiger charge is 2.18. The van der Waals surface area contributed by atoms with Gasteiger partial charge in [0.1, 0.15) is 5.82 Å². The maximum atomic E-state index is 12.2. The molecule has 20 heavy (non-hydrogen) atoms. The number of anilines is 1. The van der Waals surface area contributed by atoms with Gasteiger partial charge in [0.25, 0.3) is 0 Å². The van der Waals surface area contributed by atoms with Crippen molar-refractivity contribution >= 4 is 27.3 Å². The number of nitrogens with two attached hydrogens (primary N) is 1. The number of H-pyrrole nitrogens is 1. The molecule has 0 aliphatic carbocycles. The Morgan fingerprint density at radius 3 is 2.85 bits per heavy atom. The third-order valence-electron chi connectivity index (χ3n) is 2.79. The van der Waals surface area contributed by atoms with Crippen LogP contribution in [-0.4, -0.2) is 24.9 Å². The minimum Gasteiger partial charge on any atom is -0.397 e. The summed E-state index contributed by atoms with van der Waals surface area (Å²) in [5, 5.41) is 0.344. The monoisotopic (exact) mass is 314 g/mol. The standard InChI is InChI=1S/C12H15ClN4O2S/c1-8-6-9(13)10(14)7-11(8)20(18,19)17-3-2-12-15-4-5-16-12/h4-7,17H,2-3,14H2,1H3,(H,15,16). The maximum Gasteiger partial charge on any atom is 0.240 e. The van der Waals surface area contributed by atoms with Gasteiger partial charge in [0.2, 0.25) is 10.0 Å². The number of imidazole rings is 1. The number of rotatable bonds is 5. The number of nitrogens with one attached hydrogen (secondary N) is 2. The number of hydrogen-bond donors (Lipinski definition) is 3. The number of aromatic nitrogens is 2. The predicted molar refractivity (Wildman–Crippen MR) is 78.1 cm³/mol. The Bertz CT molecular complexity index is 698.